The SMILES string of the molecule is CCNC(=NCc1cccc(COC(C)C)c1)NC1CCN(c2ncccc2F)C1.I. The fourth-order valence-electron chi connectivity index (χ4n) is 3.44. The van der Waals surface area contributed by atoms with Gasteiger partial charge in [-0.25, -0.2) is 14.4 Å². The normalized spacial score (nSPS) is 16.4. The van der Waals surface area contributed by atoms with Gasteiger partial charge >= 0.3 is 0 Å². The lowest BCUT2D eigenvalue weighted by Gasteiger charge is -2.20. The van der Waals surface area contributed by atoms with E-state index in [4.69, 9.17) is 9.73 Å². The average Bonchev–Trinajstić information content (AvgIpc) is 3.19. The van der Waals surface area contributed by atoms with E-state index in [9.17, 15) is 4.39 Å². The maximum absolute atomic E-state index is 14.0. The molecule has 1 aromatic carbocycles. The summed E-state index contributed by atoms with van der Waals surface area (Å²) in [5.41, 5.74) is 2.29. The smallest absolute Gasteiger partial charge is 0.191 e. The zero-order chi connectivity index (χ0) is 21.3. The molecule has 1 unspecified atom stereocenters. The molecule has 0 amide bonds. The molecule has 0 radical (unpaired) electrons. The Kier molecular flexibility index (Phi) is 10.5. The summed E-state index contributed by atoms with van der Waals surface area (Å²) in [7, 11) is 0. The summed E-state index contributed by atoms with van der Waals surface area (Å²) in [4.78, 5) is 10.9. The van der Waals surface area contributed by atoms with Crippen LogP contribution in [0.5, 0.6) is 0 Å². The van der Waals surface area contributed by atoms with E-state index >= 15 is 0 Å². The van der Waals surface area contributed by atoms with E-state index in [1.54, 1.807) is 12.3 Å². The molecule has 0 spiro atoms. The molecule has 6 nitrogen and oxygen atoms in total. The first-order chi connectivity index (χ1) is 14.5. The van der Waals surface area contributed by atoms with Crippen molar-refractivity contribution in [1.29, 1.82) is 0 Å². The van der Waals surface area contributed by atoms with Gasteiger partial charge in [0.15, 0.2) is 17.6 Å². The summed E-state index contributed by atoms with van der Waals surface area (Å²) >= 11 is 0. The Bertz CT molecular complexity index is 848. The number of guanidine groups is 1. The number of nitrogens with one attached hydrogen (secondary N) is 2. The van der Waals surface area contributed by atoms with Gasteiger partial charge in [0.1, 0.15) is 0 Å². The van der Waals surface area contributed by atoms with Crippen LogP contribution in [0, 0.1) is 5.82 Å². The van der Waals surface area contributed by atoms with Crippen LogP contribution in [0.2, 0.25) is 0 Å². The monoisotopic (exact) mass is 541 g/mol. The Morgan fingerprint density at radius 1 is 1.29 bits per heavy atom. The summed E-state index contributed by atoms with van der Waals surface area (Å²) in [5.74, 6) is 0.916. The molecule has 1 aliphatic heterocycles. The van der Waals surface area contributed by atoms with Gasteiger partial charge in [-0.15, -0.1) is 24.0 Å². The van der Waals surface area contributed by atoms with Gasteiger partial charge in [-0.1, -0.05) is 24.3 Å². The van der Waals surface area contributed by atoms with E-state index in [-0.39, 0.29) is 41.9 Å². The maximum atomic E-state index is 14.0. The molecule has 2 N–H and O–H groups in total. The lowest BCUT2D eigenvalue weighted by molar-refractivity contribution is 0.0657. The molecule has 1 aliphatic rings. The van der Waals surface area contributed by atoms with E-state index in [1.165, 1.54) is 6.07 Å². The van der Waals surface area contributed by atoms with Crippen LogP contribution in [-0.2, 0) is 17.9 Å². The van der Waals surface area contributed by atoms with Gasteiger partial charge in [0, 0.05) is 31.9 Å². The Morgan fingerprint density at radius 3 is 2.84 bits per heavy atom. The number of halogens is 2. The molecule has 1 aromatic heterocycles. The van der Waals surface area contributed by atoms with E-state index < -0.39 is 0 Å². The van der Waals surface area contributed by atoms with Gasteiger partial charge in [-0.2, -0.15) is 0 Å². The number of anilines is 1. The number of aliphatic imine (C=N–C) groups is 1. The number of hydrogen-bond donors (Lipinski definition) is 2. The molecule has 8 heteroatoms. The first kappa shape index (κ1) is 25.3. The highest BCUT2D eigenvalue weighted by Crippen LogP contribution is 2.20. The van der Waals surface area contributed by atoms with Crippen LogP contribution in [0.15, 0.2) is 47.6 Å². The van der Waals surface area contributed by atoms with Crippen molar-refractivity contribution in [2.45, 2.75) is 52.5 Å². The zero-order valence-electron chi connectivity index (χ0n) is 18.5. The summed E-state index contributed by atoms with van der Waals surface area (Å²) in [6, 6.07) is 11.6. The van der Waals surface area contributed by atoms with Crippen LogP contribution in [0.3, 0.4) is 0 Å². The lowest BCUT2D eigenvalue weighted by atomic mass is 10.1. The van der Waals surface area contributed by atoms with Crippen molar-refractivity contribution >= 4 is 35.8 Å². The number of pyridine rings is 1. The topological polar surface area (TPSA) is 61.8 Å². The van der Waals surface area contributed by atoms with Crippen molar-refractivity contribution in [2.75, 3.05) is 24.5 Å². The molecule has 0 saturated carbocycles. The van der Waals surface area contributed by atoms with Crippen molar-refractivity contribution < 1.29 is 9.13 Å². The number of ether oxygens (including phenoxy) is 1. The third-order valence-electron chi connectivity index (χ3n) is 4.91. The highest BCUT2D eigenvalue weighted by Gasteiger charge is 2.25. The van der Waals surface area contributed by atoms with Gasteiger partial charge in [0.25, 0.3) is 0 Å². The molecule has 2 heterocycles. The Morgan fingerprint density at radius 2 is 2.10 bits per heavy atom. The van der Waals surface area contributed by atoms with Crippen molar-refractivity contribution in [3.63, 3.8) is 0 Å². The summed E-state index contributed by atoms with van der Waals surface area (Å²) in [6.07, 6.45) is 2.75. The Hall–Kier alpha value is -1.94. The van der Waals surface area contributed by atoms with Crippen molar-refractivity contribution in [3.05, 3.63) is 59.5 Å². The molecule has 1 saturated heterocycles. The first-order valence-corrected chi connectivity index (χ1v) is 10.6. The molecule has 0 aliphatic carbocycles. The van der Waals surface area contributed by atoms with E-state index in [2.05, 4.69) is 33.8 Å². The minimum atomic E-state index is -0.278. The number of hydrogen-bond acceptors (Lipinski definition) is 4. The van der Waals surface area contributed by atoms with Crippen LogP contribution in [0.1, 0.15) is 38.3 Å². The van der Waals surface area contributed by atoms with Crippen molar-refractivity contribution in [1.82, 2.24) is 15.6 Å². The van der Waals surface area contributed by atoms with Crippen molar-refractivity contribution in [3.8, 4) is 0 Å². The van der Waals surface area contributed by atoms with Gasteiger partial charge in [-0.05, 0) is 50.5 Å². The minimum Gasteiger partial charge on any atom is -0.374 e. The summed E-state index contributed by atoms with van der Waals surface area (Å²) < 4.78 is 19.7. The molecule has 31 heavy (non-hydrogen) atoms. The molecule has 1 fully saturated rings. The minimum absolute atomic E-state index is 0. The number of rotatable bonds is 8. The average molecular weight is 541 g/mol. The van der Waals surface area contributed by atoms with Crippen LogP contribution < -0.4 is 15.5 Å². The predicted molar refractivity (Wildman–Crippen MR) is 135 cm³/mol. The molecule has 0 bridgehead atoms. The molecule has 1 atom stereocenters. The Labute approximate surface area is 201 Å². The third kappa shape index (κ3) is 7.92. The summed E-state index contributed by atoms with van der Waals surface area (Å²) in [6.45, 7) is 9.55. The zero-order valence-corrected chi connectivity index (χ0v) is 20.8. The second-order valence-corrected chi connectivity index (χ2v) is 7.76. The highest BCUT2D eigenvalue weighted by atomic mass is 127. The molecular weight excluding hydrogens is 508 g/mol. The van der Waals surface area contributed by atoms with Crippen LogP contribution in [0.25, 0.3) is 0 Å². The molecule has 2 aromatic rings. The lowest BCUT2D eigenvalue weighted by Crippen LogP contribution is -2.44. The van der Waals surface area contributed by atoms with E-state index in [1.807, 2.05) is 31.7 Å². The second-order valence-electron chi connectivity index (χ2n) is 7.76. The van der Waals surface area contributed by atoms with E-state index in [0.717, 1.165) is 36.6 Å². The van der Waals surface area contributed by atoms with Crippen LogP contribution in [-0.4, -0.2) is 42.7 Å². The van der Waals surface area contributed by atoms with Crippen molar-refractivity contribution in [2.24, 2.45) is 4.99 Å². The van der Waals surface area contributed by atoms with Gasteiger partial charge < -0.3 is 20.3 Å². The van der Waals surface area contributed by atoms with Gasteiger partial charge in [-0.3, -0.25) is 0 Å². The molecule has 3 rings (SSSR count). The molecular formula is C23H33FIN5O. The largest absolute Gasteiger partial charge is 0.374 e. The fraction of sp³-hybridized carbons (Fsp3) is 0.478. The predicted octanol–water partition coefficient (Wildman–Crippen LogP) is 4.10. The van der Waals surface area contributed by atoms with Gasteiger partial charge in [0.2, 0.25) is 0 Å². The first-order valence-electron chi connectivity index (χ1n) is 10.6. The summed E-state index contributed by atoms with van der Waals surface area (Å²) in [5, 5.41) is 6.79. The van der Waals surface area contributed by atoms with Gasteiger partial charge in [0.05, 0.1) is 19.3 Å². The highest BCUT2D eigenvalue weighted by molar-refractivity contribution is 14.0. The molecule has 170 valence electrons. The van der Waals surface area contributed by atoms with Crippen LogP contribution in [0.4, 0.5) is 10.2 Å². The maximum Gasteiger partial charge on any atom is 0.191 e. The fourth-order valence-corrected chi connectivity index (χ4v) is 3.44. The Balaban J connectivity index is 0.00000341. The van der Waals surface area contributed by atoms with E-state index in [0.29, 0.717) is 25.5 Å². The second kappa shape index (κ2) is 12.8. The quantitative estimate of drug-likeness (QED) is 0.300. The standard InChI is InChI=1S/C23H32FN5O.HI/c1-4-25-23(27-14-18-7-5-8-19(13-18)16-30-17(2)3)28-20-10-12-29(15-20)22-21(24)9-6-11-26-22;/h5-9,11,13,17,20H,4,10,12,14-16H2,1-3H3,(H2,25,27,28);1H. The number of nitrogens with zero attached hydrogens (tertiary/aromatic N) is 3. The third-order valence-corrected chi connectivity index (χ3v) is 4.91. The number of aromatic nitrogens is 1. The van der Waals surface area contributed by atoms with Crippen LogP contribution >= 0.6 is 24.0 Å². The number of benzene rings is 1.